The number of aromatic nitrogens is 1. The number of hydrogen-bond acceptors (Lipinski definition) is 4. The van der Waals surface area contributed by atoms with Gasteiger partial charge in [-0.25, -0.2) is 0 Å². The predicted molar refractivity (Wildman–Crippen MR) is 55.5 cm³/mol. The number of aliphatic hydroxyl groups is 1. The summed E-state index contributed by atoms with van der Waals surface area (Å²) >= 11 is 0. The third kappa shape index (κ3) is 3.41. The van der Waals surface area contributed by atoms with Crippen molar-refractivity contribution in [3.8, 4) is 0 Å². The summed E-state index contributed by atoms with van der Waals surface area (Å²) in [5.74, 6) is 0. The maximum absolute atomic E-state index is 8.74. The monoisotopic (exact) mass is 195 g/mol. The zero-order valence-electron chi connectivity index (χ0n) is 8.48. The first-order valence-corrected chi connectivity index (χ1v) is 4.69. The van der Waals surface area contributed by atoms with Crippen molar-refractivity contribution < 1.29 is 5.11 Å². The van der Waals surface area contributed by atoms with Crippen LogP contribution in [0.3, 0.4) is 0 Å². The zero-order chi connectivity index (χ0) is 10.4. The van der Waals surface area contributed by atoms with Crippen LogP contribution >= 0.6 is 0 Å². The average molecular weight is 195 g/mol. The fourth-order valence-electron chi connectivity index (χ4n) is 1.30. The number of nitrogens with zero attached hydrogens (tertiary/aromatic N) is 2. The van der Waals surface area contributed by atoms with E-state index in [4.69, 9.17) is 10.8 Å². The van der Waals surface area contributed by atoms with Gasteiger partial charge in [-0.15, -0.1) is 0 Å². The van der Waals surface area contributed by atoms with Crippen LogP contribution in [0.5, 0.6) is 0 Å². The van der Waals surface area contributed by atoms with Gasteiger partial charge >= 0.3 is 0 Å². The first kappa shape index (κ1) is 11.1. The molecule has 3 N–H and O–H groups in total. The molecule has 0 spiro atoms. The SMILES string of the molecule is CN(CCO)Cc1ccnc(CN)c1. The summed E-state index contributed by atoms with van der Waals surface area (Å²) in [6.45, 7) is 2.15. The van der Waals surface area contributed by atoms with E-state index in [1.165, 1.54) is 5.56 Å². The summed E-state index contributed by atoms with van der Waals surface area (Å²) in [6, 6.07) is 3.96. The van der Waals surface area contributed by atoms with Gasteiger partial charge in [0.1, 0.15) is 0 Å². The van der Waals surface area contributed by atoms with Crippen LogP contribution < -0.4 is 5.73 Å². The molecule has 0 atom stereocenters. The maximum atomic E-state index is 8.74. The van der Waals surface area contributed by atoms with Gasteiger partial charge in [0.15, 0.2) is 0 Å². The van der Waals surface area contributed by atoms with E-state index in [1.54, 1.807) is 6.20 Å². The molecule has 0 aliphatic rings. The van der Waals surface area contributed by atoms with E-state index in [-0.39, 0.29) is 6.61 Å². The molecule has 1 rings (SSSR count). The van der Waals surface area contributed by atoms with Gasteiger partial charge in [0.25, 0.3) is 0 Å². The van der Waals surface area contributed by atoms with Crippen molar-refractivity contribution >= 4 is 0 Å². The predicted octanol–water partition coefficient (Wildman–Crippen LogP) is -0.0356. The Morgan fingerprint density at radius 3 is 3.00 bits per heavy atom. The molecule has 1 aromatic heterocycles. The Bertz CT molecular complexity index is 278. The highest BCUT2D eigenvalue weighted by Crippen LogP contribution is 2.04. The van der Waals surface area contributed by atoms with Crippen LogP contribution in [-0.2, 0) is 13.1 Å². The number of hydrogen-bond donors (Lipinski definition) is 2. The van der Waals surface area contributed by atoms with Crippen molar-refractivity contribution in [2.75, 3.05) is 20.2 Å². The lowest BCUT2D eigenvalue weighted by molar-refractivity contribution is 0.217. The van der Waals surface area contributed by atoms with Crippen LogP contribution in [0.25, 0.3) is 0 Å². The molecule has 0 bridgehead atoms. The Balaban J connectivity index is 2.57. The maximum Gasteiger partial charge on any atom is 0.0558 e. The minimum Gasteiger partial charge on any atom is -0.395 e. The van der Waals surface area contributed by atoms with Crippen molar-refractivity contribution in [1.29, 1.82) is 0 Å². The summed E-state index contributed by atoms with van der Waals surface area (Å²) in [4.78, 5) is 6.17. The summed E-state index contributed by atoms with van der Waals surface area (Å²) in [7, 11) is 1.97. The fraction of sp³-hybridized carbons (Fsp3) is 0.500. The molecule has 14 heavy (non-hydrogen) atoms. The Kier molecular flexibility index (Phi) is 4.52. The van der Waals surface area contributed by atoms with Gasteiger partial charge in [-0.05, 0) is 24.7 Å². The van der Waals surface area contributed by atoms with Gasteiger partial charge in [-0.1, -0.05) is 0 Å². The quantitative estimate of drug-likeness (QED) is 0.692. The van der Waals surface area contributed by atoms with Crippen LogP contribution in [0.1, 0.15) is 11.3 Å². The largest absolute Gasteiger partial charge is 0.395 e. The second-order valence-corrected chi connectivity index (χ2v) is 3.32. The van der Waals surface area contributed by atoms with Crippen molar-refractivity contribution in [3.63, 3.8) is 0 Å². The average Bonchev–Trinajstić information content (AvgIpc) is 2.18. The van der Waals surface area contributed by atoms with Crippen LogP contribution in [0.2, 0.25) is 0 Å². The van der Waals surface area contributed by atoms with E-state index in [9.17, 15) is 0 Å². The van der Waals surface area contributed by atoms with Crippen molar-refractivity contribution in [1.82, 2.24) is 9.88 Å². The highest BCUT2D eigenvalue weighted by Gasteiger charge is 2.00. The molecule has 0 aliphatic carbocycles. The molecule has 0 amide bonds. The molecule has 0 saturated heterocycles. The minimum atomic E-state index is 0.186. The molecule has 0 radical (unpaired) electrons. The third-order valence-corrected chi connectivity index (χ3v) is 2.02. The van der Waals surface area contributed by atoms with E-state index in [2.05, 4.69) is 9.88 Å². The molecule has 0 saturated carbocycles. The first-order valence-electron chi connectivity index (χ1n) is 4.69. The summed E-state index contributed by atoms with van der Waals surface area (Å²) in [6.07, 6.45) is 1.77. The smallest absolute Gasteiger partial charge is 0.0558 e. The number of likely N-dealkylation sites (N-methyl/N-ethyl adjacent to an activating group) is 1. The lowest BCUT2D eigenvalue weighted by Gasteiger charge is -2.15. The van der Waals surface area contributed by atoms with E-state index in [1.807, 2.05) is 19.2 Å². The zero-order valence-corrected chi connectivity index (χ0v) is 8.48. The van der Waals surface area contributed by atoms with Gasteiger partial charge < -0.3 is 10.8 Å². The Hall–Kier alpha value is -0.970. The van der Waals surface area contributed by atoms with Crippen molar-refractivity contribution in [3.05, 3.63) is 29.6 Å². The molecule has 0 fully saturated rings. The second-order valence-electron chi connectivity index (χ2n) is 3.32. The highest BCUT2D eigenvalue weighted by molar-refractivity contribution is 5.16. The lowest BCUT2D eigenvalue weighted by Crippen LogP contribution is -2.21. The second kappa shape index (κ2) is 5.70. The van der Waals surface area contributed by atoms with Gasteiger partial charge in [0, 0.05) is 25.8 Å². The van der Waals surface area contributed by atoms with Gasteiger partial charge in [-0.3, -0.25) is 9.88 Å². The normalized spacial score (nSPS) is 10.9. The standard InChI is InChI=1S/C10H17N3O/c1-13(4-5-14)8-9-2-3-12-10(6-9)7-11/h2-3,6,14H,4-5,7-8,11H2,1H3. The number of aliphatic hydroxyl groups excluding tert-OH is 1. The summed E-state index contributed by atoms with van der Waals surface area (Å²) in [5.41, 5.74) is 7.57. The molecule has 1 aromatic rings. The van der Waals surface area contributed by atoms with Crippen LogP contribution in [-0.4, -0.2) is 35.2 Å². The Morgan fingerprint density at radius 1 is 1.57 bits per heavy atom. The fourth-order valence-corrected chi connectivity index (χ4v) is 1.30. The summed E-state index contributed by atoms with van der Waals surface area (Å²) in [5, 5.41) is 8.74. The molecule has 4 nitrogen and oxygen atoms in total. The van der Waals surface area contributed by atoms with Crippen LogP contribution in [0.4, 0.5) is 0 Å². The topological polar surface area (TPSA) is 62.4 Å². The van der Waals surface area contributed by atoms with E-state index in [0.29, 0.717) is 13.1 Å². The Labute approximate surface area is 84.4 Å². The van der Waals surface area contributed by atoms with Gasteiger partial charge in [0.2, 0.25) is 0 Å². The van der Waals surface area contributed by atoms with E-state index >= 15 is 0 Å². The molecule has 0 aliphatic heterocycles. The van der Waals surface area contributed by atoms with Gasteiger partial charge in [0.05, 0.1) is 12.3 Å². The van der Waals surface area contributed by atoms with Crippen molar-refractivity contribution in [2.24, 2.45) is 5.73 Å². The van der Waals surface area contributed by atoms with Crippen LogP contribution in [0, 0.1) is 0 Å². The highest BCUT2D eigenvalue weighted by atomic mass is 16.3. The molecule has 0 unspecified atom stereocenters. The number of rotatable bonds is 5. The Morgan fingerprint density at radius 2 is 2.36 bits per heavy atom. The molecular weight excluding hydrogens is 178 g/mol. The number of pyridine rings is 1. The lowest BCUT2D eigenvalue weighted by atomic mass is 10.2. The van der Waals surface area contributed by atoms with Crippen LogP contribution in [0.15, 0.2) is 18.3 Å². The third-order valence-electron chi connectivity index (χ3n) is 2.02. The van der Waals surface area contributed by atoms with E-state index in [0.717, 1.165) is 12.2 Å². The molecule has 0 aromatic carbocycles. The first-order chi connectivity index (χ1) is 6.76. The molecule has 1 heterocycles. The number of nitrogens with two attached hydrogens (primary N) is 1. The van der Waals surface area contributed by atoms with Crippen molar-refractivity contribution in [2.45, 2.75) is 13.1 Å². The molecule has 4 heteroatoms. The minimum absolute atomic E-state index is 0.186. The summed E-state index contributed by atoms with van der Waals surface area (Å²) < 4.78 is 0. The molecular formula is C10H17N3O. The van der Waals surface area contributed by atoms with Gasteiger partial charge in [-0.2, -0.15) is 0 Å². The van der Waals surface area contributed by atoms with E-state index < -0.39 is 0 Å². The molecule has 78 valence electrons.